The second-order valence-electron chi connectivity index (χ2n) is 3.89. The minimum atomic E-state index is 0.148. The lowest BCUT2D eigenvalue weighted by molar-refractivity contribution is 0.106. The van der Waals surface area contributed by atoms with Gasteiger partial charge in [-0.3, -0.25) is 11.3 Å². The first-order valence-corrected chi connectivity index (χ1v) is 5.79. The molecule has 3 N–H and O–H groups in total. The molecule has 16 heavy (non-hydrogen) atoms. The summed E-state index contributed by atoms with van der Waals surface area (Å²) in [6.07, 6.45) is 2.16. The zero-order valence-corrected chi connectivity index (χ0v) is 10.5. The summed E-state index contributed by atoms with van der Waals surface area (Å²) in [6.45, 7) is 2.05. The highest BCUT2D eigenvalue weighted by Crippen LogP contribution is 2.21. The molecule has 0 spiro atoms. The van der Waals surface area contributed by atoms with E-state index in [0.29, 0.717) is 0 Å². The van der Waals surface area contributed by atoms with E-state index in [4.69, 9.17) is 22.2 Å². The first-order valence-electron chi connectivity index (χ1n) is 5.41. The van der Waals surface area contributed by atoms with Crippen LogP contribution in [0, 0.1) is 0 Å². The Kier molecular flexibility index (Phi) is 5.77. The van der Waals surface area contributed by atoms with Gasteiger partial charge in [0.15, 0.2) is 0 Å². The van der Waals surface area contributed by atoms with E-state index in [2.05, 4.69) is 12.3 Å². The number of methoxy groups -OCH3 is 1. The molecule has 0 heterocycles. The Morgan fingerprint density at radius 3 is 2.44 bits per heavy atom. The molecule has 0 saturated heterocycles. The lowest BCUT2D eigenvalue weighted by Gasteiger charge is -2.18. The summed E-state index contributed by atoms with van der Waals surface area (Å²) in [5, 5.41) is 0.741. The molecule has 0 saturated carbocycles. The van der Waals surface area contributed by atoms with Gasteiger partial charge in [-0.05, 0) is 37.5 Å². The fourth-order valence-corrected chi connectivity index (χ4v) is 1.69. The maximum atomic E-state index is 5.84. The summed E-state index contributed by atoms with van der Waals surface area (Å²) in [5.41, 5.74) is 3.97. The fraction of sp³-hybridized carbons (Fsp3) is 0.500. The maximum absolute atomic E-state index is 5.84. The number of ether oxygens (including phenoxy) is 1. The smallest absolute Gasteiger partial charge is 0.0543 e. The third-order valence-electron chi connectivity index (χ3n) is 2.74. The molecule has 2 unspecified atom stereocenters. The van der Waals surface area contributed by atoms with E-state index in [1.807, 2.05) is 24.3 Å². The van der Waals surface area contributed by atoms with Crippen LogP contribution in [0.4, 0.5) is 0 Å². The Labute approximate surface area is 102 Å². The molecule has 3 nitrogen and oxygen atoms in total. The SMILES string of the molecule is COC(C)CCC(NN)c1ccc(Cl)cc1. The van der Waals surface area contributed by atoms with E-state index in [-0.39, 0.29) is 12.1 Å². The minimum Gasteiger partial charge on any atom is -0.382 e. The van der Waals surface area contributed by atoms with Gasteiger partial charge in [0.1, 0.15) is 0 Å². The average molecular weight is 243 g/mol. The van der Waals surface area contributed by atoms with Gasteiger partial charge >= 0.3 is 0 Å². The van der Waals surface area contributed by atoms with Crippen LogP contribution in [0.5, 0.6) is 0 Å². The molecule has 0 amide bonds. The monoisotopic (exact) mass is 242 g/mol. The summed E-state index contributed by atoms with van der Waals surface area (Å²) in [6, 6.07) is 7.88. The van der Waals surface area contributed by atoms with E-state index in [1.165, 1.54) is 0 Å². The summed E-state index contributed by atoms with van der Waals surface area (Å²) < 4.78 is 5.21. The molecule has 4 heteroatoms. The second-order valence-corrected chi connectivity index (χ2v) is 4.33. The van der Waals surface area contributed by atoms with Crippen LogP contribution in [0.3, 0.4) is 0 Å². The Morgan fingerprint density at radius 2 is 1.94 bits per heavy atom. The summed E-state index contributed by atoms with van der Waals surface area (Å²) in [7, 11) is 1.72. The molecule has 1 aromatic rings. The molecule has 0 bridgehead atoms. The van der Waals surface area contributed by atoms with Crippen LogP contribution >= 0.6 is 11.6 Å². The topological polar surface area (TPSA) is 47.3 Å². The zero-order chi connectivity index (χ0) is 12.0. The highest BCUT2D eigenvalue weighted by molar-refractivity contribution is 6.30. The van der Waals surface area contributed by atoms with Crippen molar-refractivity contribution in [3.8, 4) is 0 Å². The maximum Gasteiger partial charge on any atom is 0.0543 e. The Morgan fingerprint density at radius 1 is 1.31 bits per heavy atom. The molecule has 2 atom stereocenters. The number of rotatable bonds is 6. The first kappa shape index (κ1) is 13.5. The highest BCUT2D eigenvalue weighted by atomic mass is 35.5. The van der Waals surface area contributed by atoms with Gasteiger partial charge in [-0.15, -0.1) is 0 Å². The van der Waals surface area contributed by atoms with Crippen LogP contribution in [-0.2, 0) is 4.74 Å². The van der Waals surface area contributed by atoms with Gasteiger partial charge in [-0.25, -0.2) is 0 Å². The van der Waals surface area contributed by atoms with Crippen molar-refractivity contribution in [2.75, 3.05) is 7.11 Å². The van der Waals surface area contributed by atoms with E-state index in [9.17, 15) is 0 Å². The molecular weight excluding hydrogens is 224 g/mol. The van der Waals surface area contributed by atoms with Gasteiger partial charge in [0.25, 0.3) is 0 Å². The summed E-state index contributed by atoms with van der Waals surface area (Å²) >= 11 is 5.84. The Balaban J connectivity index is 2.57. The van der Waals surface area contributed by atoms with E-state index in [0.717, 1.165) is 23.4 Å². The summed E-state index contributed by atoms with van der Waals surface area (Å²) in [4.78, 5) is 0. The van der Waals surface area contributed by atoms with Gasteiger partial charge in [0.2, 0.25) is 0 Å². The quantitative estimate of drug-likeness (QED) is 0.596. The predicted octanol–water partition coefficient (Wildman–Crippen LogP) is 2.66. The zero-order valence-electron chi connectivity index (χ0n) is 9.74. The molecule has 1 rings (SSSR count). The molecule has 0 aliphatic rings. The molecule has 0 aliphatic heterocycles. The van der Waals surface area contributed by atoms with Gasteiger partial charge in [0.05, 0.1) is 6.10 Å². The van der Waals surface area contributed by atoms with Crippen molar-refractivity contribution in [1.82, 2.24) is 5.43 Å². The lowest BCUT2D eigenvalue weighted by Crippen LogP contribution is -2.28. The van der Waals surface area contributed by atoms with Crippen LogP contribution < -0.4 is 11.3 Å². The minimum absolute atomic E-state index is 0.148. The number of benzene rings is 1. The van der Waals surface area contributed by atoms with E-state index in [1.54, 1.807) is 7.11 Å². The van der Waals surface area contributed by atoms with E-state index < -0.39 is 0 Å². The predicted molar refractivity (Wildman–Crippen MR) is 67.2 cm³/mol. The van der Waals surface area contributed by atoms with E-state index >= 15 is 0 Å². The number of nitrogens with one attached hydrogen (secondary N) is 1. The van der Waals surface area contributed by atoms with Crippen LogP contribution in [0.25, 0.3) is 0 Å². The standard InChI is InChI=1S/C12H19ClN2O/c1-9(16-2)3-8-12(15-14)10-4-6-11(13)7-5-10/h4-7,9,12,15H,3,8,14H2,1-2H3. The Hall–Kier alpha value is -0.610. The Bertz CT molecular complexity index is 302. The molecule has 0 aliphatic carbocycles. The van der Waals surface area contributed by atoms with Crippen LogP contribution in [-0.4, -0.2) is 13.2 Å². The number of hydrogen-bond donors (Lipinski definition) is 2. The van der Waals surface area contributed by atoms with Gasteiger partial charge in [0, 0.05) is 18.2 Å². The van der Waals surface area contributed by atoms with Crippen molar-refractivity contribution >= 4 is 11.6 Å². The molecular formula is C12H19ClN2O. The molecule has 90 valence electrons. The van der Waals surface area contributed by atoms with Crippen molar-refractivity contribution in [1.29, 1.82) is 0 Å². The first-order chi connectivity index (χ1) is 7.67. The number of hydrazine groups is 1. The highest BCUT2D eigenvalue weighted by Gasteiger charge is 2.11. The van der Waals surface area contributed by atoms with Crippen LogP contribution in [0.1, 0.15) is 31.4 Å². The van der Waals surface area contributed by atoms with Crippen LogP contribution in [0.2, 0.25) is 5.02 Å². The largest absolute Gasteiger partial charge is 0.382 e. The normalized spacial score (nSPS) is 14.8. The molecule has 0 radical (unpaired) electrons. The number of nitrogens with two attached hydrogens (primary N) is 1. The van der Waals surface area contributed by atoms with Gasteiger partial charge < -0.3 is 4.74 Å². The number of hydrogen-bond acceptors (Lipinski definition) is 3. The van der Waals surface area contributed by atoms with Crippen molar-refractivity contribution < 1.29 is 4.74 Å². The van der Waals surface area contributed by atoms with Crippen molar-refractivity contribution in [3.05, 3.63) is 34.9 Å². The summed E-state index contributed by atoms with van der Waals surface area (Å²) in [5.74, 6) is 5.55. The molecule has 0 aromatic heterocycles. The molecule has 0 fully saturated rings. The molecule has 1 aromatic carbocycles. The van der Waals surface area contributed by atoms with Gasteiger partial charge in [-0.1, -0.05) is 23.7 Å². The lowest BCUT2D eigenvalue weighted by atomic mass is 10.0. The fourth-order valence-electron chi connectivity index (χ4n) is 1.56. The number of halogens is 1. The average Bonchev–Trinajstić information content (AvgIpc) is 2.31. The van der Waals surface area contributed by atoms with Crippen LogP contribution in [0.15, 0.2) is 24.3 Å². The third-order valence-corrected chi connectivity index (χ3v) is 2.99. The third kappa shape index (κ3) is 4.10. The second kappa shape index (κ2) is 6.86. The van der Waals surface area contributed by atoms with Crippen molar-refractivity contribution in [3.63, 3.8) is 0 Å². The van der Waals surface area contributed by atoms with Crippen molar-refractivity contribution in [2.24, 2.45) is 5.84 Å². The van der Waals surface area contributed by atoms with Crippen molar-refractivity contribution in [2.45, 2.75) is 31.9 Å². The van der Waals surface area contributed by atoms with Gasteiger partial charge in [-0.2, -0.15) is 0 Å².